The molecule has 0 bridgehead atoms. The second-order valence-electron chi connectivity index (χ2n) is 7.85. The molecular weight excluding hydrogens is 505 g/mol. The molecule has 0 radical (unpaired) electrons. The minimum absolute atomic E-state index is 0.0324. The van der Waals surface area contributed by atoms with Crippen LogP contribution in [-0.2, 0) is 26.3 Å². The molecule has 1 N–H and O–H groups in total. The van der Waals surface area contributed by atoms with Crippen molar-refractivity contribution in [1.29, 1.82) is 0 Å². The van der Waals surface area contributed by atoms with E-state index in [1.807, 2.05) is 0 Å². The van der Waals surface area contributed by atoms with Crippen molar-refractivity contribution < 1.29 is 34.7 Å². The number of benzene rings is 2. The Morgan fingerprint density at radius 3 is 2.29 bits per heavy atom. The number of alkyl halides is 3. The molecule has 7 nitrogen and oxygen atoms in total. The largest absolute Gasteiger partial charge is 0.573 e. The van der Waals surface area contributed by atoms with Gasteiger partial charge in [-0.25, -0.2) is 21.6 Å². The van der Waals surface area contributed by atoms with Gasteiger partial charge in [0.15, 0.2) is 0 Å². The van der Waals surface area contributed by atoms with Crippen LogP contribution in [0.2, 0.25) is 0 Å². The third-order valence-electron chi connectivity index (χ3n) is 4.96. The van der Waals surface area contributed by atoms with E-state index in [0.717, 1.165) is 30.3 Å². The smallest absolute Gasteiger partial charge is 0.406 e. The van der Waals surface area contributed by atoms with E-state index < -0.39 is 36.9 Å². The van der Waals surface area contributed by atoms with E-state index in [4.69, 9.17) is 0 Å². The van der Waals surface area contributed by atoms with E-state index in [1.165, 1.54) is 12.1 Å². The lowest BCUT2D eigenvalue weighted by molar-refractivity contribution is -0.274. The fourth-order valence-corrected chi connectivity index (χ4v) is 6.12. The number of hydrogen-bond acceptors (Lipinski definition) is 6. The van der Waals surface area contributed by atoms with Crippen LogP contribution >= 0.6 is 0 Å². The number of aromatic nitrogens is 1. The van der Waals surface area contributed by atoms with Crippen LogP contribution < -0.4 is 9.46 Å². The minimum atomic E-state index is -5.00. The standard InChI is InChI=1S/C23H23F3N2O5S2/c1-16(2)21-10-9-20(34(29,30)19-8-5-7-18(14-19)33-23(24,25)26)15-22(21)35(31,32)28-13-11-17-6-3-4-12-27-17/h3-10,12,14-16,28H,11,13H2,1-2H3. The molecule has 188 valence electrons. The molecule has 1 heterocycles. The Kier molecular flexibility index (Phi) is 7.87. The number of pyridine rings is 1. The summed E-state index contributed by atoms with van der Waals surface area (Å²) >= 11 is 0. The molecule has 0 aliphatic heterocycles. The summed E-state index contributed by atoms with van der Waals surface area (Å²) in [5, 5.41) is 0. The molecule has 0 spiro atoms. The monoisotopic (exact) mass is 528 g/mol. The van der Waals surface area contributed by atoms with Crippen molar-refractivity contribution >= 4 is 19.9 Å². The van der Waals surface area contributed by atoms with Crippen LogP contribution in [0.5, 0.6) is 5.75 Å². The predicted octanol–water partition coefficient (Wildman–Crippen LogP) is 4.46. The van der Waals surface area contributed by atoms with Crippen LogP contribution in [-0.4, -0.2) is 34.7 Å². The van der Waals surface area contributed by atoms with Crippen LogP contribution in [0.25, 0.3) is 0 Å². The second kappa shape index (κ2) is 10.3. The van der Waals surface area contributed by atoms with Crippen LogP contribution in [0.1, 0.15) is 31.0 Å². The Morgan fingerprint density at radius 2 is 1.66 bits per heavy atom. The highest BCUT2D eigenvalue weighted by molar-refractivity contribution is 7.91. The molecule has 3 aromatic rings. The summed E-state index contributed by atoms with van der Waals surface area (Å²) in [6, 6.07) is 12.8. The van der Waals surface area contributed by atoms with Crippen molar-refractivity contribution in [2.24, 2.45) is 0 Å². The number of sulfone groups is 1. The number of hydrogen-bond donors (Lipinski definition) is 1. The van der Waals surface area contributed by atoms with Crippen molar-refractivity contribution in [2.45, 2.75) is 47.2 Å². The molecule has 0 aliphatic rings. The maximum Gasteiger partial charge on any atom is 0.573 e. The normalized spacial score (nSPS) is 12.6. The van der Waals surface area contributed by atoms with E-state index in [1.54, 1.807) is 38.2 Å². The molecule has 0 aliphatic carbocycles. The molecule has 12 heteroatoms. The molecule has 0 fully saturated rings. The SMILES string of the molecule is CC(C)c1ccc(S(=O)(=O)c2cccc(OC(F)(F)F)c2)cc1S(=O)(=O)NCCc1ccccn1. The summed E-state index contributed by atoms with van der Waals surface area (Å²) in [7, 11) is -8.47. The van der Waals surface area contributed by atoms with Crippen molar-refractivity contribution in [2.75, 3.05) is 6.54 Å². The number of rotatable bonds is 9. The highest BCUT2D eigenvalue weighted by atomic mass is 32.2. The van der Waals surface area contributed by atoms with Crippen LogP contribution in [0, 0.1) is 0 Å². The Bertz CT molecular complexity index is 1390. The van der Waals surface area contributed by atoms with Gasteiger partial charge in [0.25, 0.3) is 0 Å². The first-order valence-corrected chi connectivity index (χ1v) is 13.4. The van der Waals surface area contributed by atoms with Gasteiger partial charge in [-0.15, -0.1) is 13.2 Å². The van der Waals surface area contributed by atoms with Crippen molar-refractivity contribution in [3.05, 3.63) is 78.1 Å². The van der Waals surface area contributed by atoms with Gasteiger partial charge in [-0.3, -0.25) is 4.98 Å². The highest BCUT2D eigenvalue weighted by Gasteiger charge is 2.32. The maximum absolute atomic E-state index is 13.2. The zero-order chi connectivity index (χ0) is 25.9. The number of halogens is 3. The van der Waals surface area contributed by atoms with E-state index in [9.17, 15) is 30.0 Å². The quantitative estimate of drug-likeness (QED) is 0.440. The van der Waals surface area contributed by atoms with Crippen LogP contribution in [0.3, 0.4) is 0 Å². The van der Waals surface area contributed by atoms with E-state index in [-0.39, 0.29) is 22.3 Å². The molecule has 0 saturated heterocycles. The van der Waals surface area contributed by atoms with Gasteiger partial charge < -0.3 is 4.74 Å². The van der Waals surface area contributed by atoms with Gasteiger partial charge in [0, 0.05) is 24.9 Å². The Hall–Kier alpha value is -2.96. The van der Waals surface area contributed by atoms with Gasteiger partial charge in [-0.05, 0) is 53.9 Å². The average Bonchev–Trinajstić information content (AvgIpc) is 2.78. The lowest BCUT2D eigenvalue weighted by atomic mass is 10.0. The van der Waals surface area contributed by atoms with E-state index in [2.05, 4.69) is 14.4 Å². The first-order valence-electron chi connectivity index (χ1n) is 10.4. The molecule has 2 aromatic carbocycles. The molecule has 0 saturated carbocycles. The Balaban J connectivity index is 1.95. The number of ether oxygens (including phenoxy) is 1. The number of nitrogens with zero attached hydrogens (tertiary/aromatic N) is 1. The zero-order valence-electron chi connectivity index (χ0n) is 18.8. The summed E-state index contributed by atoms with van der Waals surface area (Å²) in [4.78, 5) is 3.06. The van der Waals surface area contributed by atoms with Crippen molar-refractivity contribution in [3.8, 4) is 5.75 Å². The minimum Gasteiger partial charge on any atom is -0.406 e. The molecule has 0 amide bonds. The predicted molar refractivity (Wildman–Crippen MR) is 122 cm³/mol. The third-order valence-corrected chi connectivity index (χ3v) is 8.22. The molecular formula is C23H23F3N2O5S2. The molecule has 1 aromatic heterocycles. The molecule has 35 heavy (non-hydrogen) atoms. The summed E-state index contributed by atoms with van der Waals surface area (Å²) in [5.41, 5.74) is 1.07. The second-order valence-corrected chi connectivity index (χ2v) is 11.5. The van der Waals surface area contributed by atoms with Gasteiger partial charge >= 0.3 is 6.36 Å². The van der Waals surface area contributed by atoms with Crippen LogP contribution in [0.15, 0.2) is 81.5 Å². The summed E-state index contributed by atoms with van der Waals surface area (Å²) in [6.45, 7) is 3.55. The van der Waals surface area contributed by atoms with Gasteiger partial charge in [0.1, 0.15) is 5.75 Å². The summed E-state index contributed by atoms with van der Waals surface area (Å²) in [6.07, 6.45) is -3.09. The lowest BCUT2D eigenvalue weighted by Gasteiger charge is -2.16. The number of nitrogens with one attached hydrogen (secondary N) is 1. The van der Waals surface area contributed by atoms with Crippen LogP contribution in [0.4, 0.5) is 13.2 Å². The highest BCUT2D eigenvalue weighted by Crippen LogP contribution is 2.31. The topological polar surface area (TPSA) is 102 Å². The third kappa shape index (κ3) is 6.80. The summed E-state index contributed by atoms with van der Waals surface area (Å²) < 4.78 is 96.5. The zero-order valence-corrected chi connectivity index (χ0v) is 20.4. The van der Waals surface area contributed by atoms with Crippen molar-refractivity contribution in [1.82, 2.24) is 9.71 Å². The maximum atomic E-state index is 13.2. The fraction of sp³-hybridized carbons (Fsp3) is 0.261. The van der Waals surface area contributed by atoms with Crippen molar-refractivity contribution in [3.63, 3.8) is 0 Å². The molecule has 0 unspecified atom stereocenters. The van der Waals surface area contributed by atoms with E-state index >= 15 is 0 Å². The molecule has 3 rings (SSSR count). The van der Waals surface area contributed by atoms with Gasteiger partial charge in [0.05, 0.1) is 14.7 Å². The lowest BCUT2D eigenvalue weighted by Crippen LogP contribution is -2.27. The summed E-state index contributed by atoms with van der Waals surface area (Å²) in [5.74, 6) is -0.959. The first-order chi connectivity index (χ1) is 16.3. The Labute approximate surface area is 202 Å². The molecule has 0 atom stereocenters. The fourth-order valence-electron chi connectivity index (χ4n) is 3.30. The van der Waals surface area contributed by atoms with Gasteiger partial charge in [-0.2, -0.15) is 0 Å². The van der Waals surface area contributed by atoms with Gasteiger partial charge in [-0.1, -0.05) is 32.0 Å². The number of sulfonamides is 1. The average molecular weight is 529 g/mol. The van der Waals surface area contributed by atoms with Gasteiger partial charge in [0.2, 0.25) is 19.9 Å². The van der Waals surface area contributed by atoms with E-state index in [0.29, 0.717) is 17.7 Å². The Morgan fingerprint density at radius 1 is 0.943 bits per heavy atom. The first kappa shape index (κ1) is 26.6.